The summed E-state index contributed by atoms with van der Waals surface area (Å²) in [6, 6.07) is 7.92. The summed E-state index contributed by atoms with van der Waals surface area (Å²) < 4.78 is 3.91. The number of aromatic nitrogens is 2. The molecule has 2 aliphatic heterocycles. The summed E-state index contributed by atoms with van der Waals surface area (Å²) in [6.45, 7) is 5.58. The first kappa shape index (κ1) is 19.4. The molecule has 1 saturated heterocycles. The van der Waals surface area contributed by atoms with Gasteiger partial charge in [-0.3, -0.25) is 14.2 Å². The standard InChI is InChI=1S/C22H28N3O2S/c1-16-3-5-17(6-4-16)21(26)18-7-10-24(11-8-18)12-9-19-22(27)25-13-14-28-20(25)15-23(19)2/h3-6,15,18H,7-14H2,1-2H3/q+1. The maximum atomic E-state index is 12.7. The highest BCUT2D eigenvalue weighted by atomic mass is 32.2. The van der Waals surface area contributed by atoms with Crippen molar-refractivity contribution in [3.8, 4) is 0 Å². The molecule has 0 N–H and O–H groups in total. The van der Waals surface area contributed by atoms with Gasteiger partial charge in [-0.2, -0.15) is 4.57 Å². The second kappa shape index (κ2) is 8.21. The molecule has 6 heteroatoms. The van der Waals surface area contributed by atoms with Crippen molar-refractivity contribution in [2.24, 2.45) is 13.0 Å². The summed E-state index contributed by atoms with van der Waals surface area (Å²) >= 11 is 1.75. The van der Waals surface area contributed by atoms with Gasteiger partial charge in [0.25, 0.3) is 0 Å². The average Bonchev–Trinajstić information content (AvgIpc) is 3.17. The number of carbonyl (C=O) groups is 1. The lowest BCUT2D eigenvalue weighted by Gasteiger charge is -2.31. The molecule has 3 heterocycles. The number of carbonyl (C=O) groups excluding carboxylic acids is 1. The first-order chi connectivity index (χ1) is 13.5. The predicted octanol–water partition coefficient (Wildman–Crippen LogP) is 2.22. The minimum absolute atomic E-state index is 0.123. The van der Waals surface area contributed by atoms with E-state index in [0.29, 0.717) is 0 Å². The number of nitrogens with zero attached hydrogens (tertiary/aromatic N) is 3. The first-order valence-electron chi connectivity index (χ1n) is 10.1. The zero-order valence-electron chi connectivity index (χ0n) is 16.7. The fourth-order valence-corrected chi connectivity index (χ4v) is 5.25. The molecular formula is C22H28N3O2S+. The normalized spacial score (nSPS) is 17.6. The highest BCUT2D eigenvalue weighted by Crippen LogP contribution is 2.23. The lowest BCUT2D eigenvalue weighted by atomic mass is 9.88. The fourth-order valence-electron chi connectivity index (χ4n) is 4.21. The third-order valence-electron chi connectivity index (χ3n) is 6.01. The maximum absolute atomic E-state index is 12.7. The minimum atomic E-state index is 0.123. The molecule has 0 unspecified atom stereocenters. The van der Waals surface area contributed by atoms with Crippen LogP contribution in [0.4, 0.5) is 0 Å². The molecule has 0 atom stereocenters. The van der Waals surface area contributed by atoms with Crippen LogP contribution in [-0.4, -0.2) is 40.6 Å². The van der Waals surface area contributed by atoms with Gasteiger partial charge in [-0.1, -0.05) is 29.8 Å². The maximum Gasteiger partial charge on any atom is 0.319 e. The van der Waals surface area contributed by atoms with Gasteiger partial charge in [0.05, 0.1) is 6.42 Å². The van der Waals surface area contributed by atoms with Crippen LogP contribution in [0, 0.1) is 12.8 Å². The highest BCUT2D eigenvalue weighted by Gasteiger charge is 2.27. The lowest BCUT2D eigenvalue weighted by molar-refractivity contribution is -0.682. The van der Waals surface area contributed by atoms with E-state index in [1.54, 1.807) is 11.8 Å². The van der Waals surface area contributed by atoms with E-state index in [-0.39, 0.29) is 17.3 Å². The molecule has 28 heavy (non-hydrogen) atoms. The van der Waals surface area contributed by atoms with E-state index in [1.165, 1.54) is 5.56 Å². The van der Waals surface area contributed by atoms with Gasteiger partial charge in [-0.05, 0) is 32.9 Å². The molecule has 0 spiro atoms. The van der Waals surface area contributed by atoms with E-state index in [1.807, 2.05) is 47.4 Å². The topological polar surface area (TPSA) is 46.2 Å². The molecule has 0 amide bonds. The van der Waals surface area contributed by atoms with E-state index >= 15 is 0 Å². The van der Waals surface area contributed by atoms with Crippen LogP contribution in [0.3, 0.4) is 0 Å². The van der Waals surface area contributed by atoms with Crippen molar-refractivity contribution in [2.75, 3.05) is 25.4 Å². The molecule has 2 aliphatic rings. The molecule has 0 aliphatic carbocycles. The van der Waals surface area contributed by atoms with Crippen LogP contribution in [0.15, 0.2) is 40.3 Å². The average molecular weight is 399 g/mol. The SMILES string of the molecule is Cc1ccc(C(=O)C2CCN(CCc3c(=O)n4c(c[n+]3C)SCC4)CC2)cc1. The Morgan fingerprint density at radius 3 is 2.61 bits per heavy atom. The molecular weight excluding hydrogens is 370 g/mol. The molecule has 5 nitrogen and oxygen atoms in total. The molecule has 1 aromatic carbocycles. The van der Waals surface area contributed by atoms with Gasteiger partial charge in [0.2, 0.25) is 5.69 Å². The number of aryl methyl sites for hydroxylation is 2. The molecule has 0 saturated carbocycles. The van der Waals surface area contributed by atoms with Gasteiger partial charge >= 0.3 is 5.56 Å². The second-order valence-corrected chi connectivity index (χ2v) is 9.04. The first-order valence-corrected chi connectivity index (χ1v) is 11.1. The smallest absolute Gasteiger partial charge is 0.303 e. The monoisotopic (exact) mass is 398 g/mol. The zero-order valence-corrected chi connectivity index (χ0v) is 17.5. The Morgan fingerprint density at radius 2 is 1.89 bits per heavy atom. The third kappa shape index (κ3) is 3.94. The minimum Gasteiger partial charge on any atom is -0.303 e. The summed E-state index contributed by atoms with van der Waals surface area (Å²) in [7, 11) is 1.98. The molecule has 1 aromatic heterocycles. The number of hydrogen-bond acceptors (Lipinski definition) is 4. The Kier molecular flexibility index (Phi) is 5.69. The highest BCUT2D eigenvalue weighted by molar-refractivity contribution is 7.99. The summed E-state index contributed by atoms with van der Waals surface area (Å²) in [5.74, 6) is 1.39. The van der Waals surface area contributed by atoms with Gasteiger partial charge in [0.1, 0.15) is 12.1 Å². The Balaban J connectivity index is 1.34. The number of likely N-dealkylation sites (tertiary alicyclic amines) is 1. The van der Waals surface area contributed by atoms with Crippen LogP contribution in [0.5, 0.6) is 0 Å². The van der Waals surface area contributed by atoms with Crippen molar-refractivity contribution >= 4 is 17.5 Å². The van der Waals surface area contributed by atoms with E-state index in [0.717, 1.165) is 67.5 Å². The molecule has 0 radical (unpaired) electrons. The van der Waals surface area contributed by atoms with E-state index < -0.39 is 0 Å². The van der Waals surface area contributed by atoms with E-state index in [4.69, 9.17) is 0 Å². The number of rotatable bonds is 5. The summed E-state index contributed by atoms with van der Waals surface area (Å²) in [4.78, 5) is 27.9. The van der Waals surface area contributed by atoms with Gasteiger partial charge in [0.15, 0.2) is 12.0 Å². The predicted molar refractivity (Wildman–Crippen MR) is 111 cm³/mol. The third-order valence-corrected chi connectivity index (χ3v) is 7.02. The van der Waals surface area contributed by atoms with Gasteiger partial charge in [0, 0.05) is 30.3 Å². The van der Waals surface area contributed by atoms with Crippen LogP contribution in [0.1, 0.15) is 34.5 Å². The second-order valence-electron chi connectivity index (χ2n) is 7.93. The number of ketones is 1. The number of piperidine rings is 1. The van der Waals surface area contributed by atoms with Crippen molar-refractivity contribution in [3.63, 3.8) is 0 Å². The molecule has 0 bridgehead atoms. The molecule has 148 valence electrons. The van der Waals surface area contributed by atoms with E-state index in [2.05, 4.69) is 11.1 Å². The summed E-state index contributed by atoms with van der Waals surface area (Å²) in [5, 5.41) is 1.08. The van der Waals surface area contributed by atoms with Crippen molar-refractivity contribution in [1.82, 2.24) is 9.47 Å². The number of benzene rings is 1. The number of thioether (sulfide) groups is 1. The van der Waals surface area contributed by atoms with Gasteiger partial charge in [-0.15, -0.1) is 11.8 Å². The molecule has 1 fully saturated rings. The quantitative estimate of drug-likeness (QED) is 0.572. The Hall–Kier alpha value is -1.92. The van der Waals surface area contributed by atoms with Gasteiger partial charge in [-0.25, -0.2) is 0 Å². The van der Waals surface area contributed by atoms with Crippen molar-refractivity contribution in [1.29, 1.82) is 0 Å². The Morgan fingerprint density at radius 1 is 1.18 bits per heavy atom. The number of Topliss-reactive ketones (excluding diaryl/α,β-unsaturated/α-hetero) is 1. The zero-order chi connectivity index (χ0) is 19.7. The van der Waals surface area contributed by atoms with Gasteiger partial charge < -0.3 is 4.90 Å². The Labute approximate surface area is 170 Å². The fraction of sp³-hybridized carbons (Fsp3) is 0.500. The largest absolute Gasteiger partial charge is 0.319 e. The number of fused-ring (bicyclic) bond motifs is 1. The molecule has 2 aromatic rings. The van der Waals surface area contributed by atoms with Crippen LogP contribution in [-0.2, 0) is 20.0 Å². The summed E-state index contributed by atoms with van der Waals surface area (Å²) in [5.41, 5.74) is 3.05. The van der Waals surface area contributed by atoms with Crippen LogP contribution in [0.25, 0.3) is 0 Å². The van der Waals surface area contributed by atoms with Crippen molar-refractivity contribution in [2.45, 2.75) is 37.8 Å². The molecule has 4 rings (SSSR count). The van der Waals surface area contributed by atoms with Crippen LogP contribution < -0.4 is 10.1 Å². The van der Waals surface area contributed by atoms with E-state index in [9.17, 15) is 9.59 Å². The van der Waals surface area contributed by atoms with Crippen molar-refractivity contribution < 1.29 is 9.36 Å². The lowest BCUT2D eigenvalue weighted by Crippen LogP contribution is -2.46. The number of hydrogen-bond donors (Lipinski definition) is 0. The Bertz CT molecular complexity index is 928. The van der Waals surface area contributed by atoms with Crippen molar-refractivity contribution in [3.05, 3.63) is 57.6 Å². The van der Waals surface area contributed by atoms with Crippen LogP contribution in [0.2, 0.25) is 0 Å². The summed E-state index contributed by atoms with van der Waals surface area (Å²) in [6.07, 6.45) is 4.65. The van der Waals surface area contributed by atoms with Crippen LogP contribution >= 0.6 is 11.8 Å².